The van der Waals surface area contributed by atoms with Crippen molar-refractivity contribution in [1.29, 1.82) is 5.26 Å². The second-order valence-electron chi connectivity index (χ2n) is 2.09. The summed E-state index contributed by atoms with van der Waals surface area (Å²) in [7, 11) is 0. The van der Waals surface area contributed by atoms with Gasteiger partial charge in [-0.3, -0.25) is 0 Å². The highest BCUT2D eigenvalue weighted by Gasteiger charge is 2.03. The zero-order chi connectivity index (χ0) is 8.27. The maximum atomic E-state index is 8.66. The Kier molecular flexibility index (Phi) is 2.83. The fourth-order valence-electron chi connectivity index (χ4n) is 0.902. The Bertz CT molecular complexity index is 301. The van der Waals surface area contributed by atoms with E-state index < -0.39 is 0 Å². The summed E-state index contributed by atoms with van der Waals surface area (Å²) in [6.45, 7) is 2.03. The van der Waals surface area contributed by atoms with E-state index in [1.54, 1.807) is 6.20 Å². The molecular formula is C8H7IN2. The Balaban J connectivity index is 3.27. The molecule has 11 heavy (non-hydrogen) atoms. The van der Waals surface area contributed by atoms with Crippen molar-refractivity contribution in [1.82, 2.24) is 4.98 Å². The van der Waals surface area contributed by atoms with Crippen LogP contribution in [0.1, 0.15) is 18.2 Å². The average molecular weight is 258 g/mol. The first-order chi connectivity index (χ1) is 5.29. The lowest BCUT2D eigenvalue weighted by molar-refractivity contribution is 1.07. The van der Waals surface area contributed by atoms with Gasteiger partial charge in [-0.1, -0.05) is 6.92 Å². The van der Waals surface area contributed by atoms with E-state index in [0.717, 1.165) is 15.6 Å². The van der Waals surface area contributed by atoms with E-state index in [4.69, 9.17) is 5.26 Å². The van der Waals surface area contributed by atoms with E-state index in [1.807, 2.05) is 13.0 Å². The molecule has 3 heteroatoms. The van der Waals surface area contributed by atoms with Gasteiger partial charge >= 0.3 is 0 Å². The zero-order valence-corrected chi connectivity index (χ0v) is 8.29. The van der Waals surface area contributed by atoms with Gasteiger partial charge in [-0.25, -0.2) is 4.98 Å². The molecule has 0 N–H and O–H groups in total. The van der Waals surface area contributed by atoms with Gasteiger partial charge in [-0.15, -0.1) is 0 Å². The Hall–Kier alpha value is -0.630. The van der Waals surface area contributed by atoms with E-state index in [2.05, 4.69) is 33.6 Å². The molecule has 0 spiro atoms. The van der Waals surface area contributed by atoms with Gasteiger partial charge in [0.1, 0.15) is 11.8 Å². The fraction of sp³-hybridized carbons (Fsp3) is 0.250. The Morgan fingerprint density at radius 2 is 2.45 bits per heavy atom. The summed E-state index contributed by atoms with van der Waals surface area (Å²) in [5, 5.41) is 8.66. The fourth-order valence-corrected chi connectivity index (χ4v) is 1.70. The largest absolute Gasteiger partial charge is 0.245 e. The van der Waals surface area contributed by atoms with Crippen LogP contribution in [0.5, 0.6) is 0 Å². The van der Waals surface area contributed by atoms with Crippen molar-refractivity contribution < 1.29 is 0 Å². The van der Waals surface area contributed by atoms with Gasteiger partial charge in [-0.2, -0.15) is 5.26 Å². The molecule has 1 aromatic heterocycles. The number of hydrogen-bond donors (Lipinski definition) is 0. The lowest BCUT2D eigenvalue weighted by Gasteiger charge is -2.00. The van der Waals surface area contributed by atoms with E-state index in [1.165, 1.54) is 0 Å². The lowest BCUT2D eigenvalue weighted by atomic mass is 10.1. The molecule has 1 heterocycles. The summed E-state index contributed by atoms with van der Waals surface area (Å²) < 4.78 is 1.12. The van der Waals surface area contributed by atoms with Gasteiger partial charge in [0.25, 0.3) is 0 Å². The topological polar surface area (TPSA) is 36.7 Å². The van der Waals surface area contributed by atoms with Gasteiger partial charge in [0.05, 0.1) is 0 Å². The smallest absolute Gasteiger partial charge is 0.144 e. The maximum Gasteiger partial charge on any atom is 0.144 e. The molecule has 0 aliphatic rings. The quantitative estimate of drug-likeness (QED) is 0.723. The summed E-state index contributed by atoms with van der Waals surface area (Å²) in [6.07, 6.45) is 2.54. The van der Waals surface area contributed by atoms with E-state index >= 15 is 0 Å². The predicted molar refractivity (Wildman–Crippen MR) is 51.0 cm³/mol. The van der Waals surface area contributed by atoms with Gasteiger partial charge in [-0.05, 0) is 35.1 Å². The molecule has 0 atom stereocenters. The summed E-state index contributed by atoms with van der Waals surface area (Å²) in [4.78, 5) is 3.96. The minimum atomic E-state index is 0.555. The highest BCUT2D eigenvalue weighted by atomic mass is 127. The van der Waals surface area contributed by atoms with Crippen LogP contribution in [0.3, 0.4) is 0 Å². The molecule has 0 fully saturated rings. The van der Waals surface area contributed by atoms with Gasteiger partial charge in [0, 0.05) is 15.3 Å². The third kappa shape index (κ3) is 1.69. The van der Waals surface area contributed by atoms with Gasteiger partial charge < -0.3 is 0 Å². The molecule has 1 rings (SSSR count). The minimum Gasteiger partial charge on any atom is -0.245 e. The summed E-state index contributed by atoms with van der Waals surface area (Å²) in [6, 6.07) is 3.99. The molecule has 0 amide bonds. The number of pyridine rings is 1. The molecule has 0 unspecified atom stereocenters. The van der Waals surface area contributed by atoms with Crippen LogP contribution in [0.2, 0.25) is 0 Å². The lowest BCUT2D eigenvalue weighted by Crippen LogP contribution is -1.94. The Morgan fingerprint density at radius 1 is 1.73 bits per heavy atom. The zero-order valence-electron chi connectivity index (χ0n) is 6.13. The second-order valence-corrected chi connectivity index (χ2v) is 3.25. The Labute approximate surface area is 79.4 Å². The van der Waals surface area contributed by atoms with Gasteiger partial charge in [0.15, 0.2) is 0 Å². The van der Waals surface area contributed by atoms with Crippen molar-refractivity contribution in [2.45, 2.75) is 13.3 Å². The van der Waals surface area contributed by atoms with Crippen LogP contribution < -0.4 is 0 Å². The average Bonchev–Trinajstić information content (AvgIpc) is 2.04. The highest BCUT2D eigenvalue weighted by Crippen LogP contribution is 2.14. The number of halogens is 1. The first kappa shape index (κ1) is 8.47. The highest BCUT2D eigenvalue weighted by molar-refractivity contribution is 14.1. The van der Waals surface area contributed by atoms with Crippen LogP contribution in [0.25, 0.3) is 0 Å². The summed E-state index contributed by atoms with van der Waals surface area (Å²) in [5.41, 5.74) is 1.61. The molecule has 0 saturated heterocycles. The van der Waals surface area contributed by atoms with Crippen LogP contribution in [0.4, 0.5) is 0 Å². The first-order valence-electron chi connectivity index (χ1n) is 3.33. The number of aromatic nitrogens is 1. The summed E-state index contributed by atoms with van der Waals surface area (Å²) in [5.74, 6) is 0. The maximum absolute atomic E-state index is 8.66. The van der Waals surface area contributed by atoms with Crippen LogP contribution in [0.15, 0.2) is 12.3 Å². The first-order valence-corrected chi connectivity index (χ1v) is 4.41. The standard InChI is InChI=1S/C8H7IN2/c1-2-6-7(9)3-4-11-8(6)5-10/h3-4H,2H2,1H3. The third-order valence-electron chi connectivity index (χ3n) is 1.46. The van der Waals surface area contributed by atoms with Crippen molar-refractivity contribution in [3.8, 4) is 6.07 Å². The van der Waals surface area contributed by atoms with Crippen molar-refractivity contribution in [2.24, 2.45) is 0 Å². The number of rotatable bonds is 1. The number of hydrogen-bond acceptors (Lipinski definition) is 2. The van der Waals surface area contributed by atoms with Crippen LogP contribution in [0, 0.1) is 14.9 Å². The van der Waals surface area contributed by atoms with E-state index in [9.17, 15) is 0 Å². The molecule has 2 nitrogen and oxygen atoms in total. The molecule has 56 valence electrons. The molecule has 0 aliphatic heterocycles. The minimum absolute atomic E-state index is 0.555. The molecule has 0 aliphatic carbocycles. The molecule has 0 aromatic carbocycles. The second kappa shape index (κ2) is 3.67. The predicted octanol–water partition coefficient (Wildman–Crippen LogP) is 2.12. The van der Waals surface area contributed by atoms with Crippen LogP contribution in [-0.4, -0.2) is 4.98 Å². The monoisotopic (exact) mass is 258 g/mol. The third-order valence-corrected chi connectivity index (χ3v) is 2.47. The number of nitriles is 1. The van der Waals surface area contributed by atoms with Gasteiger partial charge in [0.2, 0.25) is 0 Å². The number of nitrogens with zero attached hydrogens (tertiary/aromatic N) is 2. The van der Waals surface area contributed by atoms with Crippen molar-refractivity contribution in [3.05, 3.63) is 27.1 Å². The van der Waals surface area contributed by atoms with E-state index in [0.29, 0.717) is 5.69 Å². The SMILES string of the molecule is CCc1c(I)ccnc1C#N. The molecule has 0 saturated carbocycles. The van der Waals surface area contributed by atoms with E-state index in [-0.39, 0.29) is 0 Å². The molecule has 1 aromatic rings. The van der Waals surface area contributed by atoms with Crippen molar-refractivity contribution in [2.75, 3.05) is 0 Å². The molecular weight excluding hydrogens is 251 g/mol. The Morgan fingerprint density at radius 3 is 2.91 bits per heavy atom. The van der Waals surface area contributed by atoms with Crippen LogP contribution in [-0.2, 0) is 6.42 Å². The normalized spacial score (nSPS) is 9.18. The van der Waals surface area contributed by atoms with Crippen molar-refractivity contribution >= 4 is 22.6 Å². The summed E-state index contributed by atoms with van der Waals surface area (Å²) >= 11 is 2.22. The molecule has 0 bridgehead atoms. The van der Waals surface area contributed by atoms with Crippen LogP contribution >= 0.6 is 22.6 Å². The molecule has 0 radical (unpaired) electrons. The van der Waals surface area contributed by atoms with Crippen molar-refractivity contribution in [3.63, 3.8) is 0 Å².